The Morgan fingerprint density at radius 1 is 0.892 bits per heavy atom. The minimum absolute atomic E-state index is 0.293. The minimum Gasteiger partial charge on any atom is -0.496 e. The number of methoxy groups -OCH3 is 1. The van der Waals surface area contributed by atoms with Crippen molar-refractivity contribution in [1.82, 2.24) is 34.3 Å². The molecule has 0 amide bonds. The Morgan fingerprint density at radius 3 is 2.49 bits per heavy atom. The standard InChI is InChI=1S/C28H21N7O2/c1-17-22-23(20-10-6-7-11-21(20)36-2)24-26-31-25(18-12-14-29-15-13-18)33-34(26)16-30-27(24)37-28(22)35(32-17)19-8-4-3-5-9-19/h3-16,23H,1-2H3/t23-/m1/s1. The number of benzene rings is 2. The van der Waals surface area contributed by atoms with E-state index in [1.807, 2.05) is 72.3 Å². The van der Waals surface area contributed by atoms with Gasteiger partial charge in [-0.25, -0.2) is 19.2 Å². The first kappa shape index (κ1) is 21.3. The fourth-order valence-electron chi connectivity index (χ4n) is 4.96. The van der Waals surface area contributed by atoms with E-state index in [2.05, 4.69) is 16.0 Å². The number of aromatic nitrogens is 7. The molecule has 0 saturated carbocycles. The van der Waals surface area contributed by atoms with E-state index in [9.17, 15) is 0 Å². The average molecular weight is 488 g/mol. The number of fused-ring (bicyclic) bond motifs is 4. The summed E-state index contributed by atoms with van der Waals surface area (Å²) in [5.74, 6) is 2.13. The summed E-state index contributed by atoms with van der Waals surface area (Å²) in [7, 11) is 1.68. The average Bonchev–Trinajstić information content (AvgIpc) is 3.54. The first-order valence-corrected chi connectivity index (χ1v) is 11.8. The molecule has 7 rings (SSSR count). The molecular formula is C28H21N7O2. The second-order valence-electron chi connectivity index (χ2n) is 8.73. The number of nitrogens with zero attached hydrogens (tertiary/aromatic N) is 7. The predicted octanol–water partition coefficient (Wildman–Crippen LogP) is 4.97. The number of aryl methyl sites for hydroxylation is 1. The van der Waals surface area contributed by atoms with Crippen LogP contribution in [-0.4, -0.2) is 41.5 Å². The minimum atomic E-state index is -0.293. The third-order valence-electron chi connectivity index (χ3n) is 6.61. The monoisotopic (exact) mass is 487 g/mol. The first-order valence-electron chi connectivity index (χ1n) is 11.8. The van der Waals surface area contributed by atoms with Crippen molar-refractivity contribution in [2.75, 3.05) is 7.11 Å². The predicted molar refractivity (Wildman–Crippen MR) is 136 cm³/mol. The summed E-state index contributed by atoms with van der Waals surface area (Å²) in [5.41, 5.74) is 5.98. The van der Waals surface area contributed by atoms with Crippen molar-refractivity contribution < 1.29 is 9.47 Å². The molecule has 0 aliphatic carbocycles. The van der Waals surface area contributed by atoms with Gasteiger partial charge in [0.1, 0.15) is 12.1 Å². The molecule has 0 N–H and O–H groups in total. The van der Waals surface area contributed by atoms with Crippen LogP contribution in [0.1, 0.15) is 28.3 Å². The number of hydrogen-bond acceptors (Lipinski definition) is 7. The molecular weight excluding hydrogens is 466 g/mol. The zero-order valence-corrected chi connectivity index (χ0v) is 20.1. The van der Waals surface area contributed by atoms with Crippen LogP contribution in [0.15, 0.2) is 85.5 Å². The van der Waals surface area contributed by atoms with Crippen LogP contribution in [0.2, 0.25) is 0 Å². The third-order valence-corrected chi connectivity index (χ3v) is 6.61. The molecule has 1 aliphatic heterocycles. The van der Waals surface area contributed by atoms with Crippen molar-refractivity contribution in [2.24, 2.45) is 0 Å². The van der Waals surface area contributed by atoms with Crippen molar-refractivity contribution in [3.8, 4) is 34.6 Å². The molecule has 9 nitrogen and oxygen atoms in total. The van der Waals surface area contributed by atoms with E-state index < -0.39 is 0 Å². The van der Waals surface area contributed by atoms with Crippen LogP contribution in [0.5, 0.6) is 17.5 Å². The molecule has 0 saturated heterocycles. The quantitative estimate of drug-likeness (QED) is 0.346. The molecule has 0 radical (unpaired) electrons. The number of pyridine rings is 1. The van der Waals surface area contributed by atoms with Gasteiger partial charge in [-0.2, -0.15) is 5.10 Å². The highest BCUT2D eigenvalue weighted by molar-refractivity contribution is 5.69. The van der Waals surface area contributed by atoms with Gasteiger partial charge < -0.3 is 9.47 Å². The molecule has 1 atom stereocenters. The summed E-state index contributed by atoms with van der Waals surface area (Å²) in [5, 5.41) is 9.58. The molecule has 6 aromatic rings. The Bertz CT molecular complexity index is 1760. The number of ether oxygens (including phenoxy) is 2. The third kappa shape index (κ3) is 3.28. The van der Waals surface area contributed by atoms with Gasteiger partial charge in [0.25, 0.3) is 0 Å². The maximum Gasteiger partial charge on any atom is 0.230 e. The van der Waals surface area contributed by atoms with Gasteiger partial charge in [-0.15, -0.1) is 5.10 Å². The van der Waals surface area contributed by atoms with Crippen LogP contribution >= 0.6 is 0 Å². The summed E-state index contributed by atoms with van der Waals surface area (Å²) >= 11 is 0. The summed E-state index contributed by atoms with van der Waals surface area (Å²) in [4.78, 5) is 13.7. The molecule has 180 valence electrons. The molecule has 4 aromatic heterocycles. The molecule has 0 bridgehead atoms. The number of rotatable bonds is 4. The zero-order valence-electron chi connectivity index (χ0n) is 20.1. The lowest BCUT2D eigenvalue weighted by atomic mass is 9.84. The van der Waals surface area contributed by atoms with E-state index in [1.165, 1.54) is 0 Å². The maximum atomic E-state index is 6.49. The van der Waals surface area contributed by atoms with Crippen molar-refractivity contribution in [1.29, 1.82) is 0 Å². The largest absolute Gasteiger partial charge is 0.496 e. The molecule has 9 heteroatoms. The highest BCUT2D eigenvalue weighted by Gasteiger charge is 2.39. The fraction of sp³-hybridized carbons (Fsp3) is 0.107. The van der Waals surface area contributed by atoms with E-state index in [0.29, 0.717) is 23.2 Å². The van der Waals surface area contributed by atoms with E-state index in [1.54, 1.807) is 30.3 Å². The lowest BCUT2D eigenvalue weighted by Gasteiger charge is -2.27. The lowest BCUT2D eigenvalue weighted by Crippen LogP contribution is -2.16. The van der Waals surface area contributed by atoms with Crippen LogP contribution in [0.25, 0.3) is 22.7 Å². The molecule has 37 heavy (non-hydrogen) atoms. The Kier molecular flexibility index (Phi) is 4.75. The van der Waals surface area contributed by atoms with E-state index in [4.69, 9.17) is 24.7 Å². The Labute approximate surface area is 212 Å². The van der Waals surface area contributed by atoms with Crippen molar-refractivity contribution in [2.45, 2.75) is 12.8 Å². The summed E-state index contributed by atoms with van der Waals surface area (Å²) in [6.07, 6.45) is 5.08. The van der Waals surface area contributed by atoms with Gasteiger partial charge >= 0.3 is 0 Å². The highest BCUT2D eigenvalue weighted by atomic mass is 16.5. The SMILES string of the molecule is COc1ccccc1[C@@H]1c2c(C)nn(-c3ccccc3)c2Oc2ncn3nc(-c4ccncc4)nc3c21. The summed E-state index contributed by atoms with van der Waals surface area (Å²) in [6, 6.07) is 21.7. The van der Waals surface area contributed by atoms with Crippen LogP contribution < -0.4 is 9.47 Å². The van der Waals surface area contributed by atoms with Crippen LogP contribution in [0.3, 0.4) is 0 Å². The molecule has 0 spiro atoms. The second kappa shape index (κ2) is 8.27. The first-order chi connectivity index (χ1) is 18.2. The van der Waals surface area contributed by atoms with Gasteiger partial charge in [0.05, 0.1) is 35.5 Å². The molecule has 1 aliphatic rings. The Morgan fingerprint density at radius 2 is 1.68 bits per heavy atom. The normalized spacial score (nSPS) is 14.2. The van der Waals surface area contributed by atoms with Crippen LogP contribution in [0.4, 0.5) is 0 Å². The van der Waals surface area contributed by atoms with Crippen molar-refractivity contribution >= 4 is 5.65 Å². The van der Waals surface area contributed by atoms with Gasteiger partial charge in [0, 0.05) is 23.5 Å². The second-order valence-corrected chi connectivity index (χ2v) is 8.73. The maximum absolute atomic E-state index is 6.49. The van der Waals surface area contributed by atoms with Crippen LogP contribution in [-0.2, 0) is 0 Å². The number of hydrogen-bond donors (Lipinski definition) is 0. The summed E-state index contributed by atoms with van der Waals surface area (Å²) in [6.45, 7) is 1.99. The van der Waals surface area contributed by atoms with Crippen molar-refractivity contribution in [3.05, 3.63) is 108 Å². The Hall–Kier alpha value is -5.05. The van der Waals surface area contributed by atoms with Gasteiger partial charge in [0.2, 0.25) is 11.8 Å². The van der Waals surface area contributed by atoms with Gasteiger partial charge in [-0.1, -0.05) is 36.4 Å². The number of para-hydroxylation sites is 2. The van der Waals surface area contributed by atoms with E-state index in [-0.39, 0.29) is 5.92 Å². The van der Waals surface area contributed by atoms with Gasteiger partial charge in [-0.05, 0) is 37.3 Å². The van der Waals surface area contributed by atoms with Crippen molar-refractivity contribution in [3.63, 3.8) is 0 Å². The Balaban J connectivity index is 1.52. The smallest absolute Gasteiger partial charge is 0.230 e. The molecule has 5 heterocycles. The van der Waals surface area contributed by atoms with E-state index in [0.717, 1.165) is 39.4 Å². The zero-order chi connectivity index (χ0) is 24.9. The van der Waals surface area contributed by atoms with E-state index >= 15 is 0 Å². The van der Waals surface area contributed by atoms with Gasteiger partial charge in [-0.3, -0.25) is 4.98 Å². The molecule has 0 unspecified atom stereocenters. The topological polar surface area (TPSA) is 92.2 Å². The van der Waals surface area contributed by atoms with Gasteiger partial charge in [0.15, 0.2) is 11.5 Å². The lowest BCUT2D eigenvalue weighted by molar-refractivity contribution is 0.393. The molecule has 2 aromatic carbocycles. The van der Waals surface area contributed by atoms with Crippen LogP contribution in [0, 0.1) is 6.92 Å². The molecule has 0 fully saturated rings. The summed E-state index contributed by atoms with van der Waals surface area (Å²) < 4.78 is 15.8. The fourth-order valence-corrected chi connectivity index (χ4v) is 4.96. The highest BCUT2D eigenvalue weighted by Crippen LogP contribution is 2.51.